The second-order valence-electron chi connectivity index (χ2n) is 6.21. The van der Waals surface area contributed by atoms with E-state index in [9.17, 15) is 4.79 Å². The van der Waals surface area contributed by atoms with Crippen molar-refractivity contribution >= 4 is 75.3 Å². The van der Waals surface area contributed by atoms with Crippen molar-refractivity contribution < 1.29 is 9.53 Å². The van der Waals surface area contributed by atoms with Gasteiger partial charge in [0.1, 0.15) is 5.75 Å². The molecule has 0 heterocycles. The van der Waals surface area contributed by atoms with E-state index >= 15 is 0 Å². The molecule has 9 heteroatoms. The summed E-state index contributed by atoms with van der Waals surface area (Å²) in [7, 11) is 0. The lowest BCUT2D eigenvalue weighted by Crippen LogP contribution is -2.20. The zero-order valence-corrected chi connectivity index (χ0v) is 19.1. The van der Waals surface area contributed by atoms with Gasteiger partial charge in [-0.05, 0) is 54.1 Å². The van der Waals surface area contributed by atoms with Gasteiger partial charge in [0.15, 0.2) is 6.61 Å². The highest BCUT2D eigenvalue weighted by Crippen LogP contribution is 2.28. The number of ether oxygens (including phenoxy) is 1. The van der Waals surface area contributed by atoms with Gasteiger partial charge in [-0.15, -0.1) is 0 Å². The second kappa shape index (κ2) is 10.5. The molecule has 0 aliphatic rings. The molecule has 3 rings (SSSR count). The van der Waals surface area contributed by atoms with Crippen LogP contribution in [0.15, 0.2) is 54.6 Å². The molecule has 0 bridgehead atoms. The number of amides is 1. The normalized spacial score (nSPS) is 10.6. The third kappa shape index (κ3) is 6.34. The zero-order chi connectivity index (χ0) is 21.7. The van der Waals surface area contributed by atoms with Crippen LogP contribution in [0.3, 0.4) is 0 Å². The van der Waals surface area contributed by atoms with Gasteiger partial charge in [0, 0.05) is 17.9 Å². The minimum atomic E-state index is -0.352. The molecule has 0 aromatic heterocycles. The van der Waals surface area contributed by atoms with E-state index < -0.39 is 0 Å². The minimum Gasteiger partial charge on any atom is -0.482 e. The fourth-order valence-electron chi connectivity index (χ4n) is 2.50. The Kier molecular flexibility index (Phi) is 7.98. The summed E-state index contributed by atoms with van der Waals surface area (Å²) in [4.78, 5) is 12.1. The van der Waals surface area contributed by atoms with Gasteiger partial charge in [0.05, 0.1) is 25.1 Å². The van der Waals surface area contributed by atoms with Gasteiger partial charge >= 0.3 is 0 Å². The Balaban J connectivity index is 1.53. The average molecular weight is 505 g/mol. The van der Waals surface area contributed by atoms with Crippen molar-refractivity contribution in [1.82, 2.24) is 0 Å². The predicted molar refractivity (Wildman–Crippen MR) is 126 cm³/mol. The van der Waals surface area contributed by atoms with Gasteiger partial charge in [0.2, 0.25) is 0 Å². The Morgan fingerprint density at radius 1 is 0.733 bits per heavy atom. The van der Waals surface area contributed by atoms with Crippen LogP contribution in [0, 0.1) is 0 Å². The molecular weight excluding hydrogens is 490 g/mol. The summed E-state index contributed by atoms with van der Waals surface area (Å²) in [5, 5.41) is 8.04. The molecule has 0 atom stereocenters. The molecule has 156 valence electrons. The summed E-state index contributed by atoms with van der Waals surface area (Å²) in [5.41, 5.74) is 2.28. The maximum absolute atomic E-state index is 12.1. The summed E-state index contributed by atoms with van der Waals surface area (Å²) in [6, 6.07) is 15.4. The largest absolute Gasteiger partial charge is 0.482 e. The first kappa shape index (κ1) is 22.9. The predicted octanol–water partition coefficient (Wildman–Crippen LogP) is 7.58. The van der Waals surface area contributed by atoms with Crippen LogP contribution >= 0.6 is 58.0 Å². The van der Waals surface area contributed by atoms with E-state index in [0.29, 0.717) is 43.1 Å². The number of carbonyl (C=O) groups excluding carboxylic acids is 1. The SMILES string of the molecule is O=C(COc1ccc(CNc2ccc(Cl)c(Cl)c2)cc1Cl)Nc1ccc(Cl)c(Cl)c1. The number of hydrogen-bond acceptors (Lipinski definition) is 3. The van der Waals surface area contributed by atoms with E-state index in [-0.39, 0.29) is 12.5 Å². The summed E-state index contributed by atoms with van der Waals surface area (Å²) in [6.45, 7) is 0.316. The van der Waals surface area contributed by atoms with Crippen molar-refractivity contribution in [3.8, 4) is 5.75 Å². The lowest BCUT2D eigenvalue weighted by Gasteiger charge is -2.11. The lowest BCUT2D eigenvalue weighted by molar-refractivity contribution is -0.118. The topological polar surface area (TPSA) is 50.4 Å². The van der Waals surface area contributed by atoms with Crippen LogP contribution in [0.5, 0.6) is 5.75 Å². The second-order valence-corrected chi connectivity index (χ2v) is 8.25. The molecule has 0 aliphatic carbocycles. The Morgan fingerprint density at radius 3 is 2.00 bits per heavy atom. The maximum atomic E-state index is 12.1. The number of anilines is 2. The van der Waals surface area contributed by atoms with Crippen LogP contribution in [-0.2, 0) is 11.3 Å². The van der Waals surface area contributed by atoms with E-state index in [4.69, 9.17) is 62.7 Å². The first-order valence-corrected chi connectivity index (χ1v) is 10.6. The van der Waals surface area contributed by atoms with Gasteiger partial charge in [0.25, 0.3) is 5.91 Å². The summed E-state index contributed by atoms with van der Waals surface area (Å²) in [5.74, 6) is 0.0501. The van der Waals surface area contributed by atoms with E-state index in [2.05, 4.69) is 10.6 Å². The quantitative estimate of drug-likeness (QED) is 0.349. The fraction of sp³-hybridized carbons (Fsp3) is 0.0952. The highest BCUT2D eigenvalue weighted by molar-refractivity contribution is 6.42. The molecule has 0 radical (unpaired) electrons. The molecule has 2 N–H and O–H groups in total. The van der Waals surface area contributed by atoms with E-state index in [1.807, 2.05) is 12.1 Å². The Hall–Kier alpha value is -1.82. The number of halogens is 5. The van der Waals surface area contributed by atoms with Crippen molar-refractivity contribution in [3.63, 3.8) is 0 Å². The number of carbonyl (C=O) groups is 1. The van der Waals surface area contributed by atoms with Crippen molar-refractivity contribution in [2.45, 2.75) is 6.54 Å². The Labute approximate surface area is 199 Å². The Bertz CT molecular complexity index is 1080. The third-order valence-electron chi connectivity index (χ3n) is 3.97. The minimum absolute atomic E-state index is 0.208. The zero-order valence-electron chi connectivity index (χ0n) is 15.3. The van der Waals surface area contributed by atoms with Crippen molar-refractivity contribution in [2.24, 2.45) is 0 Å². The lowest BCUT2D eigenvalue weighted by atomic mass is 10.2. The maximum Gasteiger partial charge on any atom is 0.262 e. The molecule has 0 fully saturated rings. The highest BCUT2D eigenvalue weighted by Gasteiger charge is 2.09. The fourth-order valence-corrected chi connectivity index (χ4v) is 3.35. The Morgan fingerprint density at radius 2 is 1.37 bits per heavy atom. The number of benzene rings is 3. The van der Waals surface area contributed by atoms with Gasteiger partial charge in [-0.1, -0.05) is 64.1 Å². The van der Waals surface area contributed by atoms with E-state index in [1.54, 1.807) is 42.5 Å². The summed E-state index contributed by atoms with van der Waals surface area (Å²) < 4.78 is 5.52. The monoisotopic (exact) mass is 502 g/mol. The molecule has 0 spiro atoms. The van der Waals surface area contributed by atoms with Gasteiger partial charge < -0.3 is 15.4 Å². The smallest absolute Gasteiger partial charge is 0.262 e. The molecule has 1 amide bonds. The van der Waals surface area contributed by atoms with Gasteiger partial charge in [-0.2, -0.15) is 0 Å². The van der Waals surface area contributed by atoms with Crippen LogP contribution in [-0.4, -0.2) is 12.5 Å². The molecule has 0 saturated carbocycles. The van der Waals surface area contributed by atoms with Gasteiger partial charge in [-0.3, -0.25) is 4.79 Å². The van der Waals surface area contributed by atoms with E-state index in [0.717, 1.165) is 11.3 Å². The van der Waals surface area contributed by atoms with Crippen molar-refractivity contribution in [3.05, 3.63) is 85.3 Å². The van der Waals surface area contributed by atoms with Crippen molar-refractivity contribution in [2.75, 3.05) is 17.2 Å². The molecular formula is C21H15Cl5N2O2. The van der Waals surface area contributed by atoms with Crippen LogP contribution in [0.4, 0.5) is 11.4 Å². The van der Waals surface area contributed by atoms with Crippen LogP contribution < -0.4 is 15.4 Å². The molecule has 0 unspecified atom stereocenters. The van der Waals surface area contributed by atoms with Crippen LogP contribution in [0.25, 0.3) is 0 Å². The third-order valence-corrected chi connectivity index (χ3v) is 5.75. The molecule has 3 aromatic carbocycles. The number of hydrogen-bond donors (Lipinski definition) is 2. The van der Waals surface area contributed by atoms with Crippen molar-refractivity contribution in [1.29, 1.82) is 0 Å². The summed E-state index contributed by atoms with van der Waals surface area (Å²) in [6.07, 6.45) is 0. The molecule has 4 nitrogen and oxygen atoms in total. The molecule has 0 aliphatic heterocycles. The summed E-state index contributed by atoms with van der Waals surface area (Å²) >= 11 is 30.0. The van der Waals surface area contributed by atoms with Crippen LogP contribution in [0.1, 0.15) is 5.56 Å². The molecule has 30 heavy (non-hydrogen) atoms. The number of nitrogens with one attached hydrogen (secondary N) is 2. The van der Waals surface area contributed by atoms with Crippen LogP contribution in [0.2, 0.25) is 25.1 Å². The van der Waals surface area contributed by atoms with E-state index in [1.165, 1.54) is 0 Å². The molecule has 0 saturated heterocycles. The van der Waals surface area contributed by atoms with Gasteiger partial charge in [-0.25, -0.2) is 0 Å². The average Bonchev–Trinajstić information content (AvgIpc) is 2.71. The number of rotatable bonds is 7. The first-order chi connectivity index (χ1) is 14.3. The molecule has 3 aromatic rings. The first-order valence-electron chi connectivity index (χ1n) is 8.67. The standard InChI is InChI=1S/C21H15Cl5N2O2/c22-15-4-2-13(8-17(15)24)27-10-12-1-6-20(19(26)7-12)30-11-21(29)28-14-3-5-16(23)18(25)9-14/h1-9,27H,10-11H2,(H,28,29). The highest BCUT2D eigenvalue weighted by atomic mass is 35.5.